The summed E-state index contributed by atoms with van der Waals surface area (Å²) in [4.78, 5) is 10.8. The lowest BCUT2D eigenvalue weighted by atomic mass is 10.3. The van der Waals surface area contributed by atoms with Gasteiger partial charge in [-0.3, -0.25) is 4.79 Å². The molecule has 56 valence electrons. The molecular weight excluding hydrogens is 144 g/mol. The van der Waals surface area contributed by atoms with Crippen LogP contribution >= 0.6 is 11.8 Å². The van der Waals surface area contributed by atoms with Crippen LogP contribution in [0.3, 0.4) is 0 Å². The topological polar surface area (TPSA) is 17.1 Å². The maximum Gasteiger partial charge on any atom is 0.154 e. The van der Waals surface area contributed by atoms with E-state index in [1.165, 1.54) is 0 Å². The van der Waals surface area contributed by atoms with Gasteiger partial charge in [0.1, 0.15) is 0 Å². The summed E-state index contributed by atoms with van der Waals surface area (Å²) in [5.74, 6) is 4.13. The average Bonchev–Trinajstić information content (AvgIpc) is 1.89. The molecule has 0 spiro atoms. The van der Waals surface area contributed by atoms with E-state index in [-0.39, 0.29) is 12.2 Å². The van der Waals surface area contributed by atoms with Gasteiger partial charge in [0.15, 0.2) is 5.78 Å². The highest BCUT2D eigenvalue weighted by atomic mass is 32.2. The summed E-state index contributed by atoms with van der Waals surface area (Å²) in [6.45, 7) is 2.10. The third-order valence-corrected chi connectivity index (χ3v) is 2.13. The van der Waals surface area contributed by atoms with Gasteiger partial charge in [-0.1, -0.05) is 12.8 Å². The molecule has 1 nitrogen and oxygen atoms in total. The van der Waals surface area contributed by atoms with Crippen LogP contribution < -0.4 is 0 Å². The first-order chi connectivity index (χ1) is 4.81. The molecular formula is C8H12OS. The number of hydrogen-bond donors (Lipinski definition) is 0. The number of Topliss-reactive ketones (excluding diaryl/α,β-unsaturated/α-hetero) is 1. The molecule has 10 heavy (non-hydrogen) atoms. The first-order valence-corrected chi connectivity index (χ1v) is 4.49. The molecule has 0 aliphatic rings. The summed E-state index contributed by atoms with van der Waals surface area (Å²) in [6.07, 6.45) is 6.36. The van der Waals surface area contributed by atoms with Crippen molar-refractivity contribution in [1.29, 1.82) is 0 Å². The molecule has 0 atom stereocenters. The highest BCUT2D eigenvalue weighted by molar-refractivity contribution is 7.99. The van der Waals surface area contributed by atoms with E-state index in [1.54, 1.807) is 11.8 Å². The number of carbonyl (C=O) groups excluding carboxylic acids is 1. The van der Waals surface area contributed by atoms with Crippen molar-refractivity contribution < 1.29 is 4.79 Å². The Kier molecular flexibility index (Phi) is 6.42. The second-order valence-corrected chi connectivity index (χ2v) is 3.08. The highest BCUT2D eigenvalue weighted by Gasteiger charge is 1.97. The molecule has 0 unspecified atom stereocenters. The van der Waals surface area contributed by atoms with Crippen LogP contribution in [-0.2, 0) is 4.79 Å². The normalized spacial score (nSPS) is 8.80. The van der Waals surface area contributed by atoms with E-state index in [2.05, 4.69) is 12.8 Å². The van der Waals surface area contributed by atoms with Crippen LogP contribution in [0.25, 0.3) is 0 Å². The summed E-state index contributed by atoms with van der Waals surface area (Å²) in [5.41, 5.74) is 0. The quantitative estimate of drug-likeness (QED) is 0.445. The minimum absolute atomic E-state index is 0.168. The van der Waals surface area contributed by atoms with Crippen molar-refractivity contribution in [2.45, 2.75) is 19.8 Å². The summed E-state index contributed by atoms with van der Waals surface area (Å²) >= 11 is 1.66. The lowest BCUT2D eigenvalue weighted by molar-refractivity contribution is -0.115. The minimum atomic E-state index is 0.168. The fraction of sp³-hybridized carbons (Fsp3) is 0.625. The largest absolute Gasteiger partial charge is 0.298 e. The Bertz CT molecular complexity index is 135. The number of rotatable bonds is 5. The number of terminal acetylenes is 1. The van der Waals surface area contributed by atoms with Gasteiger partial charge >= 0.3 is 0 Å². The van der Waals surface area contributed by atoms with Gasteiger partial charge in [0.25, 0.3) is 0 Å². The van der Waals surface area contributed by atoms with Crippen molar-refractivity contribution in [1.82, 2.24) is 0 Å². The van der Waals surface area contributed by atoms with Crippen LogP contribution in [0.2, 0.25) is 0 Å². The SMILES string of the molecule is C#CCC(=O)CSCCC. The summed E-state index contributed by atoms with van der Waals surface area (Å²) in [6, 6.07) is 0. The predicted molar refractivity (Wildman–Crippen MR) is 46.1 cm³/mol. The smallest absolute Gasteiger partial charge is 0.154 e. The monoisotopic (exact) mass is 156 g/mol. The minimum Gasteiger partial charge on any atom is -0.298 e. The Labute approximate surface area is 66.6 Å². The summed E-state index contributed by atoms with van der Waals surface area (Å²) in [5, 5.41) is 0. The van der Waals surface area contributed by atoms with Crippen molar-refractivity contribution >= 4 is 17.5 Å². The van der Waals surface area contributed by atoms with E-state index >= 15 is 0 Å². The lowest BCUT2D eigenvalue weighted by Crippen LogP contribution is -1.99. The molecule has 0 aromatic heterocycles. The van der Waals surface area contributed by atoms with Crippen LogP contribution in [0.15, 0.2) is 0 Å². The van der Waals surface area contributed by atoms with Crippen molar-refractivity contribution in [2.75, 3.05) is 11.5 Å². The van der Waals surface area contributed by atoms with Crippen LogP contribution in [0.4, 0.5) is 0 Å². The first-order valence-electron chi connectivity index (χ1n) is 3.34. The number of hydrogen-bond acceptors (Lipinski definition) is 2. The Morgan fingerprint density at radius 1 is 1.70 bits per heavy atom. The third kappa shape index (κ3) is 5.71. The van der Waals surface area contributed by atoms with E-state index in [0.717, 1.165) is 12.2 Å². The van der Waals surface area contributed by atoms with Gasteiger partial charge in [0, 0.05) is 0 Å². The molecule has 0 aromatic carbocycles. The average molecular weight is 156 g/mol. The molecule has 0 amide bonds. The van der Waals surface area contributed by atoms with E-state index in [4.69, 9.17) is 6.42 Å². The second-order valence-electron chi connectivity index (χ2n) is 1.97. The fourth-order valence-corrected chi connectivity index (χ4v) is 1.26. The standard InChI is InChI=1S/C8H12OS/c1-3-5-8(9)7-10-6-4-2/h1H,4-7H2,2H3. The Balaban J connectivity index is 3.15. The van der Waals surface area contributed by atoms with Gasteiger partial charge in [0.05, 0.1) is 12.2 Å². The third-order valence-electron chi connectivity index (χ3n) is 0.911. The van der Waals surface area contributed by atoms with Gasteiger partial charge in [-0.15, -0.1) is 6.42 Å². The zero-order chi connectivity index (χ0) is 7.82. The van der Waals surface area contributed by atoms with E-state index in [0.29, 0.717) is 5.75 Å². The van der Waals surface area contributed by atoms with E-state index < -0.39 is 0 Å². The molecule has 0 radical (unpaired) electrons. The molecule has 0 bridgehead atoms. The molecule has 2 heteroatoms. The fourth-order valence-electron chi connectivity index (χ4n) is 0.495. The number of thioether (sulfide) groups is 1. The van der Waals surface area contributed by atoms with Gasteiger partial charge in [0.2, 0.25) is 0 Å². The zero-order valence-corrected chi connectivity index (χ0v) is 7.04. The molecule has 0 aliphatic heterocycles. The van der Waals surface area contributed by atoms with Crippen LogP contribution in [-0.4, -0.2) is 17.3 Å². The molecule has 0 N–H and O–H groups in total. The van der Waals surface area contributed by atoms with Gasteiger partial charge in [-0.25, -0.2) is 0 Å². The maximum atomic E-state index is 10.8. The van der Waals surface area contributed by atoms with Gasteiger partial charge < -0.3 is 0 Å². The summed E-state index contributed by atoms with van der Waals surface area (Å²) in [7, 11) is 0. The van der Waals surface area contributed by atoms with Crippen molar-refractivity contribution in [3.63, 3.8) is 0 Å². The van der Waals surface area contributed by atoms with Crippen molar-refractivity contribution in [3.8, 4) is 12.3 Å². The zero-order valence-electron chi connectivity index (χ0n) is 6.22. The molecule has 0 saturated heterocycles. The van der Waals surface area contributed by atoms with Gasteiger partial charge in [-0.2, -0.15) is 11.8 Å². The van der Waals surface area contributed by atoms with Crippen LogP contribution in [0.5, 0.6) is 0 Å². The van der Waals surface area contributed by atoms with Crippen molar-refractivity contribution in [2.24, 2.45) is 0 Å². The van der Waals surface area contributed by atoms with Gasteiger partial charge in [-0.05, 0) is 12.2 Å². The Morgan fingerprint density at radius 3 is 2.90 bits per heavy atom. The van der Waals surface area contributed by atoms with Crippen molar-refractivity contribution in [3.05, 3.63) is 0 Å². The lowest BCUT2D eigenvalue weighted by Gasteiger charge is -1.94. The Morgan fingerprint density at radius 2 is 2.40 bits per heavy atom. The molecule has 0 heterocycles. The second kappa shape index (κ2) is 6.70. The van der Waals surface area contributed by atoms with E-state index in [1.807, 2.05) is 0 Å². The first kappa shape index (κ1) is 9.58. The van der Waals surface area contributed by atoms with Crippen LogP contribution in [0.1, 0.15) is 19.8 Å². The molecule has 0 aromatic rings. The highest BCUT2D eigenvalue weighted by Crippen LogP contribution is 2.02. The van der Waals surface area contributed by atoms with Crippen LogP contribution in [0, 0.1) is 12.3 Å². The summed E-state index contributed by atoms with van der Waals surface area (Å²) < 4.78 is 0. The molecule has 0 fully saturated rings. The number of carbonyl (C=O) groups is 1. The molecule has 0 aliphatic carbocycles. The predicted octanol–water partition coefficient (Wildman–Crippen LogP) is 1.72. The molecule has 0 saturated carbocycles. The maximum absolute atomic E-state index is 10.8. The van der Waals surface area contributed by atoms with E-state index in [9.17, 15) is 4.79 Å². The molecule has 0 rings (SSSR count). The Hall–Kier alpha value is -0.420. The number of ketones is 1.